The molecule has 0 bridgehead atoms. The van der Waals surface area contributed by atoms with Crippen molar-refractivity contribution in [2.45, 2.75) is 46.3 Å². The topological polar surface area (TPSA) is 0 Å². The molecule has 0 N–H and O–H groups in total. The molecular formula is C14H25Cl2SiZr. The second-order valence-electron chi connectivity index (χ2n) is 4.85. The molecule has 103 valence electrons. The predicted molar refractivity (Wildman–Crippen MR) is 74.9 cm³/mol. The van der Waals surface area contributed by atoms with Crippen molar-refractivity contribution in [3.05, 3.63) is 41.9 Å². The van der Waals surface area contributed by atoms with Crippen molar-refractivity contribution >= 4 is 8.80 Å². The molecule has 0 aromatic heterocycles. The van der Waals surface area contributed by atoms with Gasteiger partial charge in [0.05, 0.1) is 0 Å². The molecule has 1 aliphatic carbocycles. The Labute approximate surface area is 147 Å². The molecule has 0 spiro atoms. The third-order valence-corrected chi connectivity index (χ3v) is 3.98. The Kier molecular flexibility index (Phi) is 24.2. The Morgan fingerprint density at radius 2 is 1.61 bits per heavy atom. The van der Waals surface area contributed by atoms with Gasteiger partial charge in [-0.3, -0.25) is 0 Å². The molecule has 0 heterocycles. The van der Waals surface area contributed by atoms with E-state index in [9.17, 15) is 0 Å². The van der Waals surface area contributed by atoms with Gasteiger partial charge in [0.15, 0.2) is 0 Å². The first-order valence-electron chi connectivity index (χ1n) is 5.76. The normalized spacial score (nSPS) is 16.4. The van der Waals surface area contributed by atoms with Gasteiger partial charge in [-0.05, 0) is 18.0 Å². The van der Waals surface area contributed by atoms with E-state index in [1.165, 1.54) is 11.5 Å². The minimum atomic E-state index is -0.484. The van der Waals surface area contributed by atoms with Crippen LogP contribution < -0.4 is 24.8 Å². The van der Waals surface area contributed by atoms with Crippen LogP contribution >= 0.6 is 0 Å². The molecule has 0 fully saturated rings. The average Bonchev–Trinajstić information content (AvgIpc) is 2.52. The van der Waals surface area contributed by atoms with E-state index in [4.69, 9.17) is 0 Å². The fourth-order valence-corrected chi connectivity index (χ4v) is 2.44. The predicted octanol–water partition coefficient (Wildman–Crippen LogP) is -1.46. The second kappa shape index (κ2) is 16.0. The Balaban J connectivity index is -0.000000125. The van der Waals surface area contributed by atoms with E-state index in [-0.39, 0.29) is 51.0 Å². The fourth-order valence-electron chi connectivity index (χ4n) is 1.27. The van der Waals surface area contributed by atoms with Crippen molar-refractivity contribution in [2.75, 3.05) is 0 Å². The largest absolute Gasteiger partial charge is 3.00 e. The van der Waals surface area contributed by atoms with E-state index < -0.39 is 8.80 Å². The second-order valence-corrected chi connectivity index (χ2v) is 8.10. The Hall–Kier alpha value is 0.900. The molecule has 0 saturated heterocycles. The molecule has 4 heteroatoms. The van der Waals surface area contributed by atoms with E-state index in [0.29, 0.717) is 0 Å². The summed E-state index contributed by atoms with van der Waals surface area (Å²) in [7, 11) is -0.484. The molecule has 1 atom stereocenters. The van der Waals surface area contributed by atoms with Gasteiger partial charge in [0.25, 0.3) is 0 Å². The Morgan fingerprint density at radius 3 is 1.89 bits per heavy atom. The summed E-state index contributed by atoms with van der Waals surface area (Å²) in [5.74, 6) is 1.42. The molecule has 0 aromatic carbocycles. The molecule has 0 aliphatic heterocycles. The summed E-state index contributed by atoms with van der Waals surface area (Å²) >= 11 is 0. The fraction of sp³-hybridized carbons (Fsp3) is 0.500. The number of halogens is 2. The van der Waals surface area contributed by atoms with Crippen molar-refractivity contribution in [1.82, 2.24) is 0 Å². The first-order valence-corrected chi connectivity index (χ1v) is 8.74. The van der Waals surface area contributed by atoms with E-state index in [1.807, 2.05) is 0 Å². The summed E-state index contributed by atoms with van der Waals surface area (Å²) in [5.41, 5.74) is 2.18. The Morgan fingerprint density at radius 1 is 1.17 bits per heavy atom. The molecule has 1 radical (unpaired) electrons. The number of rotatable bonds is 2. The molecule has 1 rings (SSSR count). The quantitative estimate of drug-likeness (QED) is 0.404. The smallest absolute Gasteiger partial charge is 1.00 e. The molecule has 18 heavy (non-hydrogen) atoms. The summed E-state index contributed by atoms with van der Waals surface area (Å²) in [5, 5.41) is 0. The van der Waals surface area contributed by atoms with Crippen LogP contribution in [0.5, 0.6) is 0 Å². The minimum Gasteiger partial charge on any atom is -1.00 e. The van der Waals surface area contributed by atoms with Gasteiger partial charge in [0.2, 0.25) is 0 Å². The van der Waals surface area contributed by atoms with Crippen molar-refractivity contribution < 1.29 is 51.0 Å². The summed E-state index contributed by atoms with van der Waals surface area (Å²) in [6.07, 6.45) is 11.2. The van der Waals surface area contributed by atoms with Crippen LogP contribution in [0.15, 0.2) is 36.0 Å². The van der Waals surface area contributed by atoms with Crippen LogP contribution in [0.3, 0.4) is 0 Å². The van der Waals surface area contributed by atoms with Crippen molar-refractivity contribution in [3.8, 4) is 0 Å². The van der Waals surface area contributed by atoms with Gasteiger partial charge in [-0.2, -0.15) is 20.8 Å². The van der Waals surface area contributed by atoms with Crippen LogP contribution in [0.25, 0.3) is 0 Å². The van der Waals surface area contributed by atoms with Gasteiger partial charge >= 0.3 is 26.2 Å². The molecule has 0 amide bonds. The van der Waals surface area contributed by atoms with E-state index in [0.717, 1.165) is 5.54 Å². The monoisotopic (exact) mass is 381 g/mol. The van der Waals surface area contributed by atoms with Gasteiger partial charge in [-0.1, -0.05) is 43.5 Å². The van der Waals surface area contributed by atoms with Gasteiger partial charge in [0, 0.05) is 8.80 Å². The van der Waals surface area contributed by atoms with E-state index >= 15 is 0 Å². The van der Waals surface area contributed by atoms with Gasteiger partial charge in [0.1, 0.15) is 0 Å². The van der Waals surface area contributed by atoms with Crippen molar-refractivity contribution in [1.29, 1.82) is 0 Å². The van der Waals surface area contributed by atoms with Crippen molar-refractivity contribution in [3.63, 3.8) is 0 Å². The zero-order chi connectivity index (χ0) is 11.8. The van der Waals surface area contributed by atoms with Gasteiger partial charge < -0.3 is 30.7 Å². The van der Waals surface area contributed by atoms with E-state index in [1.54, 1.807) is 0 Å². The molecule has 0 saturated carbocycles. The third-order valence-electron chi connectivity index (χ3n) is 2.02. The third kappa shape index (κ3) is 15.0. The summed E-state index contributed by atoms with van der Waals surface area (Å²) < 4.78 is 0. The first kappa shape index (κ1) is 27.3. The van der Waals surface area contributed by atoms with Crippen LogP contribution in [0, 0.1) is 5.92 Å². The maximum Gasteiger partial charge on any atom is 3.00 e. The van der Waals surface area contributed by atoms with Crippen LogP contribution in [0.2, 0.25) is 18.6 Å². The number of hydrogen-bond donors (Lipinski definition) is 0. The van der Waals surface area contributed by atoms with Gasteiger partial charge in [-0.25, -0.2) is 0 Å². The minimum absolute atomic E-state index is 0. The van der Waals surface area contributed by atoms with Crippen LogP contribution in [-0.2, 0) is 26.2 Å². The van der Waals surface area contributed by atoms with Crippen LogP contribution in [0.4, 0.5) is 0 Å². The van der Waals surface area contributed by atoms with Crippen LogP contribution in [0.1, 0.15) is 27.7 Å². The standard InChI is InChI=1S/C10H16Si.C4H9.2ClH.Zr/c1-4-5-9-6-7-10(8-9)11(2)3;1-4(2)3;;;/h4-8,10-11H,1-3H3;1-3H3;2*1H;/q;-1;;;+3/p-2. The molecule has 1 unspecified atom stereocenters. The summed E-state index contributed by atoms with van der Waals surface area (Å²) in [6, 6.07) is 0. The average molecular weight is 384 g/mol. The number of allylic oxidation sites excluding steroid dienone is 6. The maximum atomic E-state index is 2.39. The zero-order valence-corrected chi connectivity index (χ0v) is 17.4. The zero-order valence-electron chi connectivity index (χ0n) is 12.3. The molecule has 0 aromatic rings. The molecular weight excluding hydrogens is 358 g/mol. The Bertz CT molecular complexity index is 256. The molecule has 0 nitrogen and oxygen atoms in total. The number of hydrogen-bond acceptors (Lipinski definition) is 0. The van der Waals surface area contributed by atoms with Crippen molar-refractivity contribution in [2.24, 2.45) is 0 Å². The molecule has 1 aliphatic rings. The summed E-state index contributed by atoms with van der Waals surface area (Å²) in [4.78, 5) is 0. The first-order chi connectivity index (χ1) is 6.97. The van der Waals surface area contributed by atoms with Crippen LogP contribution in [-0.4, -0.2) is 8.80 Å². The van der Waals surface area contributed by atoms with Gasteiger partial charge in [-0.15, -0.1) is 0 Å². The maximum absolute atomic E-state index is 2.39. The summed E-state index contributed by atoms with van der Waals surface area (Å²) in [6.45, 7) is 13.1. The van der Waals surface area contributed by atoms with E-state index in [2.05, 4.69) is 71.2 Å². The SMILES string of the molecule is CC=CC1=CC([SiH](C)C)C=C1.C[C-](C)C.[Cl-].[Cl-].[Zr+3].